The molecule has 2 aliphatic heterocycles. The lowest BCUT2D eigenvalue weighted by atomic mass is 9.84. The van der Waals surface area contributed by atoms with Crippen LogP contribution in [0.2, 0.25) is 0 Å². The molecule has 12 heteroatoms. The van der Waals surface area contributed by atoms with E-state index in [0.29, 0.717) is 32.4 Å². The van der Waals surface area contributed by atoms with Crippen LogP contribution in [0.3, 0.4) is 0 Å². The third-order valence-electron chi connectivity index (χ3n) is 10.5. The number of hydrazine groups is 1. The van der Waals surface area contributed by atoms with Gasteiger partial charge in [-0.05, 0) is 70.6 Å². The number of carbonyl (C=O) groups excluding carboxylic acids is 3. The first-order chi connectivity index (χ1) is 25.0. The number of aryl methyl sites for hydroxylation is 1. The van der Waals surface area contributed by atoms with Crippen LogP contribution >= 0.6 is 11.3 Å². The van der Waals surface area contributed by atoms with Gasteiger partial charge in [-0.2, -0.15) is 0 Å². The molecule has 6 bridgehead atoms. The molecule has 3 atom stereocenters. The van der Waals surface area contributed by atoms with Crippen molar-refractivity contribution in [2.75, 3.05) is 20.3 Å². The Balaban J connectivity index is 1.51. The lowest BCUT2D eigenvalue weighted by Gasteiger charge is -2.36. The maximum atomic E-state index is 14.0. The second kappa shape index (κ2) is 15.9. The second-order valence-electron chi connectivity index (χ2n) is 14.9. The van der Waals surface area contributed by atoms with E-state index in [1.54, 1.807) is 13.3 Å². The lowest BCUT2D eigenvalue weighted by Crippen LogP contribution is -2.61. The van der Waals surface area contributed by atoms with E-state index in [9.17, 15) is 14.4 Å². The summed E-state index contributed by atoms with van der Waals surface area (Å²) in [6.45, 7) is 15.8. The molecule has 1 aliphatic carbocycles. The third-order valence-corrected chi connectivity index (χ3v) is 11.4. The minimum atomic E-state index is -0.819. The van der Waals surface area contributed by atoms with Crippen LogP contribution in [0.1, 0.15) is 83.0 Å². The number of methoxy groups -OCH3 is 1. The van der Waals surface area contributed by atoms with Gasteiger partial charge >= 0.3 is 5.97 Å². The van der Waals surface area contributed by atoms with Crippen molar-refractivity contribution in [3.63, 3.8) is 0 Å². The second-order valence-corrected chi connectivity index (χ2v) is 15.8. The number of amides is 2. The Bertz CT molecular complexity index is 1900. The number of carbonyl (C=O) groups is 3. The minimum Gasteiger partial charge on any atom is -0.464 e. The maximum Gasteiger partial charge on any atom is 0.324 e. The van der Waals surface area contributed by atoms with Crippen LogP contribution < -0.4 is 10.7 Å². The van der Waals surface area contributed by atoms with Gasteiger partial charge in [0.1, 0.15) is 12.1 Å². The molecule has 0 unspecified atom stereocenters. The van der Waals surface area contributed by atoms with Gasteiger partial charge in [-0.25, -0.2) is 10.4 Å². The van der Waals surface area contributed by atoms with Crippen LogP contribution in [0.5, 0.6) is 0 Å². The molecule has 2 fully saturated rings. The van der Waals surface area contributed by atoms with Crippen molar-refractivity contribution in [3.8, 4) is 11.3 Å². The van der Waals surface area contributed by atoms with Crippen molar-refractivity contribution in [1.29, 1.82) is 0 Å². The molecule has 4 heterocycles. The highest BCUT2D eigenvalue weighted by Crippen LogP contribution is 2.40. The summed E-state index contributed by atoms with van der Waals surface area (Å²) in [5, 5.41) is 8.37. The first kappa shape index (κ1) is 37.6. The van der Waals surface area contributed by atoms with Crippen LogP contribution in [0.15, 0.2) is 46.9 Å². The Morgan fingerprint density at radius 2 is 2.06 bits per heavy atom. The number of thiazole rings is 1. The molecule has 3 aliphatic rings. The van der Waals surface area contributed by atoms with Crippen LogP contribution in [0, 0.1) is 11.3 Å². The molecule has 52 heavy (non-hydrogen) atoms. The molecule has 6 rings (SSSR count). The quantitative estimate of drug-likeness (QED) is 0.159. The predicted octanol–water partition coefficient (Wildman–Crippen LogP) is 6.26. The van der Waals surface area contributed by atoms with Crippen molar-refractivity contribution in [2.24, 2.45) is 16.3 Å². The number of cyclic esters (lactones) is 1. The summed E-state index contributed by atoms with van der Waals surface area (Å²) >= 11 is 1.48. The average molecular weight is 729 g/mol. The van der Waals surface area contributed by atoms with E-state index in [4.69, 9.17) is 19.5 Å². The molecule has 0 radical (unpaired) electrons. The molecule has 2 aromatic heterocycles. The van der Waals surface area contributed by atoms with Crippen molar-refractivity contribution in [1.82, 2.24) is 25.3 Å². The van der Waals surface area contributed by atoms with Gasteiger partial charge in [0.15, 0.2) is 0 Å². The molecule has 3 aromatic rings. The zero-order valence-corrected chi connectivity index (χ0v) is 32.1. The molecule has 1 aromatic carbocycles. The Hall–Kier alpha value is -4.13. The number of aromatic nitrogens is 2. The summed E-state index contributed by atoms with van der Waals surface area (Å²) in [5.74, 6) is -0.851. The van der Waals surface area contributed by atoms with E-state index >= 15 is 0 Å². The summed E-state index contributed by atoms with van der Waals surface area (Å²) in [5.41, 5.74) is 9.28. The molecule has 11 nitrogen and oxygen atoms in total. The van der Waals surface area contributed by atoms with E-state index in [-0.39, 0.29) is 36.9 Å². The number of benzene rings is 1. The summed E-state index contributed by atoms with van der Waals surface area (Å²) in [6, 6.07) is 4.92. The number of nitrogens with zero attached hydrogens (tertiary/aromatic N) is 4. The Labute approximate surface area is 310 Å². The number of allylic oxidation sites excluding steroid dienone is 2. The Kier molecular flexibility index (Phi) is 11.5. The molecule has 2 N–H and O–H groups in total. The summed E-state index contributed by atoms with van der Waals surface area (Å²) < 4.78 is 14.1. The van der Waals surface area contributed by atoms with Gasteiger partial charge in [0.25, 0.3) is 5.91 Å². The van der Waals surface area contributed by atoms with Gasteiger partial charge in [-0.1, -0.05) is 39.0 Å². The summed E-state index contributed by atoms with van der Waals surface area (Å²) in [7, 11) is 1.68. The third kappa shape index (κ3) is 7.65. The fraction of sp³-hybridized carbons (Fsp3) is 0.525. The first-order valence-corrected chi connectivity index (χ1v) is 19.4. The van der Waals surface area contributed by atoms with Crippen molar-refractivity contribution in [2.45, 2.75) is 104 Å². The molecule has 2 amide bonds. The number of hydrogen-bond acceptors (Lipinski definition) is 9. The van der Waals surface area contributed by atoms with Crippen molar-refractivity contribution >= 4 is 51.8 Å². The first-order valence-electron chi connectivity index (χ1n) is 18.5. The molecule has 278 valence electrons. The predicted molar refractivity (Wildman–Crippen MR) is 206 cm³/mol. The van der Waals surface area contributed by atoms with E-state index in [1.165, 1.54) is 16.3 Å². The van der Waals surface area contributed by atoms with Gasteiger partial charge < -0.3 is 19.4 Å². The van der Waals surface area contributed by atoms with E-state index in [0.717, 1.165) is 69.0 Å². The number of esters is 1. The normalized spacial score (nSPS) is 22.4. The number of hydrogen-bond donors (Lipinski definition) is 2. The van der Waals surface area contributed by atoms with E-state index in [2.05, 4.69) is 60.9 Å². The van der Waals surface area contributed by atoms with Crippen molar-refractivity contribution in [3.05, 3.63) is 58.2 Å². The summed E-state index contributed by atoms with van der Waals surface area (Å²) in [4.78, 5) is 50.6. The largest absolute Gasteiger partial charge is 0.464 e. The number of nitrogens with one attached hydrogen (secondary N) is 2. The fourth-order valence-electron chi connectivity index (χ4n) is 7.44. The van der Waals surface area contributed by atoms with Gasteiger partial charge in [-0.15, -0.1) is 11.3 Å². The topological polar surface area (TPSA) is 127 Å². The molecule has 1 saturated heterocycles. The Morgan fingerprint density at radius 1 is 1.27 bits per heavy atom. The van der Waals surface area contributed by atoms with Crippen LogP contribution in [0.4, 0.5) is 0 Å². The Morgan fingerprint density at radius 3 is 2.73 bits per heavy atom. The van der Waals surface area contributed by atoms with Crippen LogP contribution in [0.25, 0.3) is 27.7 Å². The molecular weight excluding hydrogens is 677 g/mol. The fourth-order valence-corrected chi connectivity index (χ4v) is 8.29. The maximum absolute atomic E-state index is 14.0. The zero-order chi connectivity index (χ0) is 37.2. The van der Waals surface area contributed by atoms with Gasteiger partial charge in [0.2, 0.25) is 5.91 Å². The average Bonchev–Trinajstić information content (AvgIpc) is 3.70. The minimum absolute atomic E-state index is 0.0756. The number of ether oxygens (including phenoxy) is 2. The van der Waals surface area contributed by atoms with Crippen LogP contribution in [-0.2, 0) is 43.2 Å². The van der Waals surface area contributed by atoms with Gasteiger partial charge in [0.05, 0.1) is 34.8 Å². The number of fused-ring (bicyclic) bond motifs is 6. The van der Waals surface area contributed by atoms with Crippen LogP contribution in [-0.4, -0.2) is 77.0 Å². The molecular formula is C40H52N6O5S. The van der Waals surface area contributed by atoms with Crippen molar-refractivity contribution < 1.29 is 23.9 Å². The smallest absolute Gasteiger partial charge is 0.324 e. The lowest BCUT2D eigenvalue weighted by molar-refractivity contribution is -0.155. The standard InChI is InChI=1S/C40H52N6O5S/c1-8-27(35(41-9-2)24(4)50-7)36-29-21-40(5,6)23-51-39(49)30-15-12-18-46(44-30)38(48)31(43-37(47)25-13-11-14-25)20-34-42-32(22-52-34)26-16-17-33(28(29)19-26)45(36)10-3/h8-9,16-17,19,22,24-25,30-31,44H,1,10-15,18,20-21,23H2,2-7H3,(H,43,47)/b35-27+,41-9?/t24-,30-,31-/m0/s1. The van der Waals surface area contributed by atoms with E-state index < -0.39 is 23.5 Å². The highest BCUT2D eigenvalue weighted by molar-refractivity contribution is 7.10. The van der Waals surface area contributed by atoms with Gasteiger partial charge in [-0.3, -0.25) is 24.4 Å². The molecule has 0 spiro atoms. The van der Waals surface area contributed by atoms with Gasteiger partial charge in [0, 0.05) is 71.6 Å². The monoisotopic (exact) mass is 728 g/mol. The number of rotatable bonds is 8. The zero-order valence-electron chi connectivity index (χ0n) is 31.3. The SMILES string of the molecule is C=C/C(=C(\N=CC)[C@H](C)OC)c1c2c3cc(ccc3n1CC)-c1csc(n1)C[C@H](NC(=O)C1CCC1)C(=O)N1CCC[C@H](N1)C(=O)OCC(C)(C)C2. The highest BCUT2D eigenvalue weighted by Gasteiger charge is 2.37. The van der Waals surface area contributed by atoms with E-state index in [1.807, 2.05) is 25.3 Å². The highest BCUT2D eigenvalue weighted by atomic mass is 32.1. The number of aliphatic imine (C=N–C) groups is 1. The molecule has 1 saturated carbocycles. The summed E-state index contributed by atoms with van der Waals surface area (Å²) in [6.07, 6.45) is 8.05.